The van der Waals surface area contributed by atoms with E-state index in [1.165, 1.54) is 0 Å². The molecular weight excluding hydrogens is 166 g/mol. The Morgan fingerprint density at radius 3 is 2.92 bits per heavy atom. The number of nitrogens with zero attached hydrogens (tertiary/aromatic N) is 1. The topological polar surface area (TPSA) is 58.4 Å². The zero-order valence-corrected chi connectivity index (χ0v) is 7.16. The van der Waals surface area contributed by atoms with Crippen molar-refractivity contribution in [2.45, 2.75) is 6.42 Å². The van der Waals surface area contributed by atoms with E-state index in [9.17, 15) is 4.79 Å². The quantitative estimate of drug-likeness (QED) is 0.614. The Kier molecular flexibility index (Phi) is 1.81. The highest BCUT2D eigenvalue weighted by atomic mass is 16.2. The van der Waals surface area contributed by atoms with Crippen molar-refractivity contribution in [1.29, 1.82) is 0 Å². The monoisotopic (exact) mass is 177 g/mol. The lowest BCUT2D eigenvalue weighted by Crippen LogP contribution is -2.32. The summed E-state index contributed by atoms with van der Waals surface area (Å²) in [6.07, 6.45) is 0.550. The largest absolute Gasteiger partial charge is 0.399 e. The lowest BCUT2D eigenvalue weighted by Gasteiger charge is -2.17. The minimum absolute atomic E-state index is 0.0578. The van der Waals surface area contributed by atoms with E-state index in [0.717, 1.165) is 5.69 Å². The van der Waals surface area contributed by atoms with Crippen LogP contribution in [0, 0.1) is 0 Å². The predicted octanol–water partition coefficient (Wildman–Crippen LogP) is 0.510. The lowest BCUT2D eigenvalue weighted by molar-refractivity contribution is -0.119. The summed E-state index contributed by atoms with van der Waals surface area (Å²) in [7, 11) is 0. The number of anilines is 2. The second-order valence-electron chi connectivity index (χ2n) is 3.03. The van der Waals surface area contributed by atoms with Gasteiger partial charge in [0.1, 0.15) is 0 Å². The number of hydrazine groups is 1. The second kappa shape index (κ2) is 2.97. The number of hydrogen-bond acceptors (Lipinski definition) is 3. The molecular formula is C9H11N3O. The molecule has 0 radical (unpaired) electrons. The first kappa shape index (κ1) is 7.91. The molecule has 1 aromatic rings. The number of benzene rings is 1. The molecule has 1 aliphatic rings. The van der Waals surface area contributed by atoms with E-state index in [0.29, 0.717) is 18.7 Å². The summed E-state index contributed by atoms with van der Waals surface area (Å²) in [5.74, 6) is 0.0578. The molecule has 0 aliphatic carbocycles. The SMILES string of the molecule is Nc1cccc(N2CCC(=O)N2)c1. The van der Waals surface area contributed by atoms with Gasteiger partial charge in [-0.2, -0.15) is 0 Å². The van der Waals surface area contributed by atoms with Crippen LogP contribution in [-0.4, -0.2) is 12.5 Å². The van der Waals surface area contributed by atoms with Gasteiger partial charge in [-0.1, -0.05) is 6.07 Å². The molecule has 1 fully saturated rings. The van der Waals surface area contributed by atoms with Gasteiger partial charge in [-0.3, -0.25) is 15.2 Å². The highest BCUT2D eigenvalue weighted by Crippen LogP contribution is 2.17. The first-order valence-corrected chi connectivity index (χ1v) is 4.18. The average Bonchev–Trinajstić information content (AvgIpc) is 2.52. The van der Waals surface area contributed by atoms with Crippen LogP contribution in [0.1, 0.15) is 6.42 Å². The van der Waals surface area contributed by atoms with E-state index in [-0.39, 0.29) is 5.91 Å². The maximum absolute atomic E-state index is 10.9. The van der Waals surface area contributed by atoms with Crippen molar-refractivity contribution in [3.63, 3.8) is 0 Å². The molecule has 1 saturated heterocycles. The number of rotatable bonds is 1. The zero-order valence-electron chi connectivity index (χ0n) is 7.16. The van der Waals surface area contributed by atoms with Crippen LogP contribution in [0.3, 0.4) is 0 Å². The third-order valence-electron chi connectivity index (χ3n) is 2.00. The van der Waals surface area contributed by atoms with E-state index in [4.69, 9.17) is 5.73 Å². The van der Waals surface area contributed by atoms with Gasteiger partial charge in [-0.05, 0) is 18.2 Å². The van der Waals surface area contributed by atoms with Gasteiger partial charge < -0.3 is 5.73 Å². The second-order valence-corrected chi connectivity index (χ2v) is 3.03. The summed E-state index contributed by atoms with van der Waals surface area (Å²) in [6.45, 7) is 0.711. The number of nitrogens with two attached hydrogens (primary N) is 1. The Labute approximate surface area is 76.3 Å². The van der Waals surface area contributed by atoms with Crippen molar-refractivity contribution in [3.05, 3.63) is 24.3 Å². The van der Waals surface area contributed by atoms with Crippen molar-refractivity contribution in [2.75, 3.05) is 17.3 Å². The molecule has 1 aliphatic heterocycles. The Bertz CT molecular complexity index is 337. The maximum atomic E-state index is 10.9. The van der Waals surface area contributed by atoms with Crippen molar-refractivity contribution in [1.82, 2.24) is 5.43 Å². The lowest BCUT2D eigenvalue weighted by atomic mass is 10.3. The number of carbonyl (C=O) groups is 1. The molecule has 0 bridgehead atoms. The van der Waals surface area contributed by atoms with E-state index in [2.05, 4.69) is 5.43 Å². The Morgan fingerprint density at radius 1 is 1.46 bits per heavy atom. The summed E-state index contributed by atoms with van der Waals surface area (Å²) in [5.41, 5.74) is 10.0. The molecule has 0 saturated carbocycles. The molecule has 0 aromatic heterocycles. The summed E-state index contributed by atoms with van der Waals surface area (Å²) in [5, 5.41) is 1.80. The molecule has 13 heavy (non-hydrogen) atoms. The van der Waals surface area contributed by atoms with E-state index >= 15 is 0 Å². The molecule has 4 nitrogen and oxygen atoms in total. The zero-order chi connectivity index (χ0) is 9.26. The Hall–Kier alpha value is -1.71. The first-order chi connectivity index (χ1) is 6.25. The maximum Gasteiger partial charge on any atom is 0.240 e. The number of amides is 1. The van der Waals surface area contributed by atoms with E-state index in [1.54, 1.807) is 5.01 Å². The van der Waals surface area contributed by atoms with Gasteiger partial charge in [0.25, 0.3) is 0 Å². The Balaban J connectivity index is 2.21. The molecule has 2 rings (SSSR count). The van der Waals surface area contributed by atoms with Gasteiger partial charge in [0, 0.05) is 18.7 Å². The summed E-state index contributed by atoms with van der Waals surface area (Å²) < 4.78 is 0. The van der Waals surface area contributed by atoms with Crippen LogP contribution >= 0.6 is 0 Å². The molecule has 68 valence electrons. The van der Waals surface area contributed by atoms with E-state index in [1.807, 2.05) is 24.3 Å². The summed E-state index contributed by atoms with van der Waals surface area (Å²) >= 11 is 0. The van der Waals surface area contributed by atoms with Crippen LogP contribution in [0.5, 0.6) is 0 Å². The standard InChI is InChI=1S/C9H11N3O/c10-7-2-1-3-8(6-7)12-5-4-9(13)11-12/h1-3,6H,4-5,10H2,(H,11,13). The van der Waals surface area contributed by atoms with Crippen LogP contribution in [0.2, 0.25) is 0 Å². The molecule has 0 unspecified atom stereocenters. The van der Waals surface area contributed by atoms with Gasteiger partial charge in [0.15, 0.2) is 0 Å². The predicted molar refractivity (Wildman–Crippen MR) is 51.0 cm³/mol. The highest BCUT2D eigenvalue weighted by Gasteiger charge is 2.18. The van der Waals surface area contributed by atoms with Crippen LogP contribution in [0.4, 0.5) is 11.4 Å². The van der Waals surface area contributed by atoms with Crippen LogP contribution in [-0.2, 0) is 4.79 Å². The fraction of sp³-hybridized carbons (Fsp3) is 0.222. The van der Waals surface area contributed by atoms with Gasteiger partial charge in [0.2, 0.25) is 5.91 Å². The van der Waals surface area contributed by atoms with Crippen LogP contribution in [0.25, 0.3) is 0 Å². The smallest absolute Gasteiger partial charge is 0.240 e. The molecule has 1 amide bonds. The molecule has 4 heteroatoms. The molecule has 0 atom stereocenters. The van der Waals surface area contributed by atoms with Crippen molar-refractivity contribution in [3.8, 4) is 0 Å². The van der Waals surface area contributed by atoms with Crippen molar-refractivity contribution in [2.24, 2.45) is 0 Å². The van der Waals surface area contributed by atoms with Gasteiger partial charge in [-0.25, -0.2) is 0 Å². The number of nitrogen functional groups attached to an aromatic ring is 1. The third kappa shape index (κ3) is 1.56. The van der Waals surface area contributed by atoms with Crippen LogP contribution < -0.4 is 16.2 Å². The summed E-state index contributed by atoms with van der Waals surface area (Å²) in [6, 6.07) is 7.45. The first-order valence-electron chi connectivity index (χ1n) is 4.18. The fourth-order valence-electron chi connectivity index (χ4n) is 1.36. The number of hydrogen-bond donors (Lipinski definition) is 2. The number of nitrogens with one attached hydrogen (secondary N) is 1. The van der Waals surface area contributed by atoms with Gasteiger partial charge in [-0.15, -0.1) is 0 Å². The van der Waals surface area contributed by atoms with E-state index < -0.39 is 0 Å². The average molecular weight is 177 g/mol. The molecule has 1 heterocycles. The Morgan fingerprint density at radius 2 is 2.31 bits per heavy atom. The third-order valence-corrected chi connectivity index (χ3v) is 2.00. The van der Waals surface area contributed by atoms with Crippen molar-refractivity contribution < 1.29 is 4.79 Å². The van der Waals surface area contributed by atoms with Crippen LogP contribution in [0.15, 0.2) is 24.3 Å². The molecule has 1 aromatic carbocycles. The summed E-state index contributed by atoms with van der Waals surface area (Å²) in [4.78, 5) is 10.9. The highest BCUT2D eigenvalue weighted by molar-refractivity contribution is 5.81. The van der Waals surface area contributed by atoms with Gasteiger partial charge >= 0.3 is 0 Å². The minimum atomic E-state index is 0.0578. The van der Waals surface area contributed by atoms with Crippen molar-refractivity contribution >= 4 is 17.3 Å². The molecule has 3 N–H and O–H groups in total. The molecule has 0 spiro atoms. The minimum Gasteiger partial charge on any atom is -0.399 e. The fourth-order valence-corrected chi connectivity index (χ4v) is 1.36. The number of carbonyl (C=O) groups excluding carboxylic acids is 1. The van der Waals surface area contributed by atoms with Gasteiger partial charge in [0.05, 0.1) is 5.69 Å². The normalized spacial score (nSPS) is 16.0.